The van der Waals surface area contributed by atoms with E-state index in [1.165, 1.54) is 7.11 Å². The number of methoxy groups -OCH3 is 1. The van der Waals surface area contributed by atoms with Gasteiger partial charge >= 0.3 is 0 Å². The molecule has 6 heteroatoms. The van der Waals surface area contributed by atoms with Crippen molar-refractivity contribution in [2.75, 3.05) is 33.5 Å². The molecule has 0 aromatic heterocycles. The van der Waals surface area contributed by atoms with Gasteiger partial charge in [-0.25, -0.2) is 0 Å². The molecule has 0 radical (unpaired) electrons. The summed E-state index contributed by atoms with van der Waals surface area (Å²) in [6.45, 7) is 1.59. The predicted molar refractivity (Wildman–Crippen MR) is 113 cm³/mol. The summed E-state index contributed by atoms with van der Waals surface area (Å²) in [5.74, 6) is 3.28. The van der Waals surface area contributed by atoms with Crippen molar-refractivity contribution in [3.8, 4) is 28.7 Å². The van der Waals surface area contributed by atoms with Crippen molar-refractivity contribution in [1.29, 1.82) is 0 Å². The van der Waals surface area contributed by atoms with E-state index >= 15 is 0 Å². The Balaban J connectivity index is 1.35. The van der Waals surface area contributed by atoms with Crippen LogP contribution in [0.3, 0.4) is 0 Å². The fourth-order valence-electron chi connectivity index (χ4n) is 2.66. The number of rotatable bonds is 12. The van der Waals surface area contributed by atoms with Crippen molar-refractivity contribution in [3.63, 3.8) is 0 Å². The molecule has 0 saturated heterocycles. The van der Waals surface area contributed by atoms with Crippen molar-refractivity contribution in [2.45, 2.75) is 0 Å². The molecule has 0 aliphatic heterocycles. The van der Waals surface area contributed by atoms with Gasteiger partial charge in [0.2, 0.25) is 0 Å². The summed E-state index contributed by atoms with van der Waals surface area (Å²) < 4.78 is 27.9. The zero-order valence-electron chi connectivity index (χ0n) is 16.8. The molecular formula is C24H24O6. The highest BCUT2D eigenvalue weighted by atomic mass is 16.6. The zero-order chi connectivity index (χ0) is 21.0. The molecular weight excluding hydrogens is 384 g/mol. The second kappa shape index (κ2) is 11.5. The minimum Gasteiger partial charge on any atom is -0.493 e. The van der Waals surface area contributed by atoms with E-state index in [4.69, 9.17) is 23.7 Å². The van der Waals surface area contributed by atoms with E-state index in [1.54, 1.807) is 18.2 Å². The van der Waals surface area contributed by atoms with Gasteiger partial charge in [-0.15, -0.1) is 0 Å². The summed E-state index contributed by atoms with van der Waals surface area (Å²) in [4.78, 5) is 10.8. The van der Waals surface area contributed by atoms with Crippen molar-refractivity contribution in [3.05, 3.63) is 78.4 Å². The Labute approximate surface area is 175 Å². The Bertz CT molecular complexity index is 926. The fraction of sp³-hybridized carbons (Fsp3) is 0.208. The van der Waals surface area contributed by atoms with Gasteiger partial charge in [0.15, 0.2) is 11.5 Å². The zero-order valence-corrected chi connectivity index (χ0v) is 16.8. The van der Waals surface area contributed by atoms with Crippen LogP contribution in [-0.4, -0.2) is 39.8 Å². The molecule has 3 aromatic rings. The minimum absolute atomic E-state index is 0.358. The van der Waals surface area contributed by atoms with Gasteiger partial charge in [-0.1, -0.05) is 24.3 Å². The molecule has 156 valence electrons. The molecule has 0 aliphatic carbocycles. The molecule has 0 heterocycles. The molecule has 3 aromatic carbocycles. The van der Waals surface area contributed by atoms with Crippen molar-refractivity contribution in [2.24, 2.45) is 0 Å². The van der Waals surface area contributed by atoms with E-state index in [9.17, 15) is 4.79 Å². The first kappa shape index (κ1) is 21.2. The first-order chi connectivity index (χ1) is 14.8. The van der Waals surface area contributed by atoms with Gasteiger partial charge in [-0.2, -0.15) is 0 Å². The van der Waals surface area contributed by atoms with Crippen molar-refractivity contribution >= 4 is 6.29 Å². The standard InChI is InChI=1S/C24H24O6/c1-26-24-16-19(18-25)10-11-23(24)29-15-13-27-12-14-28-21-8-5-9-22(17-21)30-20-6-3-2-4-7-20/h2-11,16-18H,12-15H2,1H3. The van der Waals surface area contributed by atoms with Gasteiger partial charge in [0.05, 0.1) is 20.3 Å². The highest BCUT2D eigenvalue weighted by Gasteiger charge is 2.05. The van der Waals surface area contributed by atoms with E-state index in [2.05, 4.69) is 0 Å². The number of carbonyl (C=O) groups excluding carboxylic acids is 1. The molecule has 3 rings (SSSR count). The van der Waals surface area contributed by atoms with Gasteiger partial charge in [0.1, 0.15) is 36.7 Å². The average Bonchev–Trinajstić information content (AvgIpc) is 2.79. The third-order valence-corrected chi connectivity index (χ3v) is 4.09. The van der Waals surface area contributed by atoms with E-state index in [1.807, 2.05) is 54.6 Å². The molecule has 0 unspecified atom stereocenters. The number of aldehydes is 1. The SMILES string of the molecule is COc1cc(C=O)ccc1OCCOCCOc1cccc(Oc2ccccc2)c1. The molecule has 6 nitrogen and oxygen atoms in total. The van der Waals surface area contributed by atoms with Crippen LogP contribution in [0.4, 0.5) is 0 Å². The average molecular weight is 408 g/mol. The summed E-state index contributed by atoms with van der Waals surface area (Å²) in [5, 5.41) is 0. The Morgan fingerprint density at radius 1 is 0.700 bits per heavy atom. The van der Waals surface area contributed by atoms with Crippen LogP contribution in [0, 0.1) is 0 Å². The molecule has 0 atom stereocenters. The van der Waals surface area contributed by atoms with Crippen molar-refractivity contribution in [1.82, 2.24) is 0 Å². The normalized spacial score (nSPS) is 10.3. The van der Waals surface area contributed by atoms with E-state index in [0.717, 1.165) is 12.0 Å². The minimum atomic E-state index is 0.358. The van der Waals surface area contributed by atoms with Crippen LogP contribution in [0.2, 0.25) is 0 Å². The van der Waals surface area contributed by atoms with Crippen LogP contribution in [0.15, 0.2) is 72.8 Å². The number of hydrogen-bond donors (Lipinski definition) is 0. The second-order valence-electron chi connectivity index (χ2n) is 6.23. The van der Waals surface area contributed by atoms with Crippen LogP contribution in [0.5, 0.6) is 28.7 Å². The smallest absolute Gasteiger partial charge is 0.161 e. The summed E-state index contributed by atoms with van der Waals surface area (Å²) in [7, 11) is 1.53. The van der Waals surface area contributed by atoms with Gasteiger partial charge in [-0.3, -0.25) is 4.79 Å². The molecule has 0 spiro atoms. The van der Waals surface area contributed by atoms with E-state index < -0.39 is 0 Å². The second-order valence-corrected chi connectivity index (χ2v) is 6.23. The molecule has 0 fully saturated rings. The summed E-state index contributed by atoms with van der Waals surface area (Å²) >= 11 is 0. The molecule has 0 saturated carbocycles. The lowest BCUT2D eigenvalue weighted by atomic mass is 10.2. The van der Waals surface area contributed by atoms with Crippen LogP contribution < -0.4 is 18.9 Å². The molecule has 0 N–H and O–H groups in total. The van der Waals surface area contributed by atoms with Gasteiger partial charge in [0, 0.05) is 11.6 Å². The lowest BCUT2D eigenvalue weighted by Gasteiger charge is -2.12. The number of para-hydroxylation sites is 1. The Morgan fingerprint density at radius 3 is 2.20 bits per heavy atom. The highest BCUT2D eigenvalue weighted by Crippen LogP contribution is 2.27. The summed E-state index contributed by atoms with van der Waals surface area (Å²) in [6, 6.07) is 22.1. The first-order valence-electron chi connectivity index (χ1n) is 9.58. The van der Waals surface area contributed by atoms with Crippen LogP contribution >= 0.6 is 0 Å². The van der Waals surface area contributed by atoms with Crippen LogP contribution in [-0.2, 0) is 4.74 Å². The van der Waals surface area contributed by atoms with Crippen molar-refractivity contribution < 1.29 is 28.5 Å². The number of hydrogen-bond acceptors (Lipinski definition) is 6. The lowest BCUT2D eigenvalue weighted by Crippen LogP contribution is -2.12. The quantitative estimate of drug-likeness (QED) is 0.318. The Hall–Kier alpha value is -3.51. The summed E-state index contributed by atoms with van der Waals surface area (Å²) in [6.07, 6.45) is 0.763. The van der Waals surface area contributed by atoms with E-state index in [-0.39, 0.29) is 0 Å². The summed E-state index contributed by atoms with van der Waals surface area (Å²) in [5.41, 5.74) is 0.533. The molecule has 0 amide bonds. The van der Waals surface area contributed by atoms with Gasteiger partial charge in [0.25, 0.3) is 0 Å². The van der Waals surface area contributed by atoms with Gasteiger partial charge in [-0.05, 0) is 42.5 Å². The number of ether oxygens (including phenoxy) is 5. The van der Waals surface area contributed by atoms with E-state index in [0.29, 0.717) is 55.0 Å². The third-order valence-electron chi connectivity index (χ3n) is 4.09. The van der Waals surface area contributed by atoms with Gasteiger partial charge < -0.3 is 23.7 Å². The maximum atomic E-state index is 10.8. The lowest BCUT2D eigenvalue weighted by molar-refractivity contribution is 0.0757. The molecule has 0 aliphatic rings. The molecule has 0 bridgehead atoms. The highest BCUT2D eigenvalue weighted by molar-refractivity contribution is 5.76. The topological polar surface area (TPSA) is 63.2 Å². The third kappa shape index (κ3) is 6.53. The Kier molecular flexibility index (Phi) is 8.12. The first-order valence-corrected chi connectivity index (χ1v) is 9.58. The number of benzene rings is 3. The fourth-order valence-corrected chi connectivity index (χ4v) is 2.66. The monoisotopic (exact) mass is 408 g/mol. The van der Waals surface area contributed by atoms with Crippen LogP contribution in [0.1, 0.15) is 10.4 Å². The maximum Gasteiger partial charge on any atom is 0.161 e. The maximum absolute atomic E-state index is 10.8. The van der Waals surface area contributed by atoms with Crippen LogP contribution in [0.25, 0.3) is 0 Å². The number of carbonyl (C=O) groups is 1. The largest absolute Gasteiger partial charge is 0.493 e. The Morgan fingerprint density at radius 2 is 1.43 bits per heavy atom. The molecule has 30 heavy (non-hydrogen) atoms. The predicted octanol–water partition coefficient (Wildman–Crippen LogP) is 4.77.